The van der Waals surface area contributed by atoms with E-state index in [1.807, 2.05) is 32.0 Å². The molecule has 0 saturated carbocycles. The van der Waals surface area contributed by atoms with E-state index >= 15 is 0 Å². The van der Waals surface area contributed by atoms with Crippen molar-refractivity contribution in [3.8, 4) is 0 Å². The van der Waals surface area contributed by atoms with Crippen LogP contribution in [0.5, 0.6) is 0 Å². The summed E-state index contributed by atoms with van der Waals surface area (Å²) < 4.78 is 0.938. The average molecular weight is 273 g/mol. The average Bonchev–Trinajstić information content (AvgIpc) is 2.09. The Morgan fingerprint density at radius 3 is 2.67 bits per heavy atom. The first-order chi connectivity index (χ1) is 6.94. The van der Waals surface area contributed by atoms with E-state index in [1.165, 1.54) is 0 Å². The van der Waals surface area contributed by atoms with Crippen LogP contribution in [0, 0.1) is 0 Å². The van der Waals surface area contributed by atoms with Crippen molar-refractivity contribution in [2.75, 3.05) is 17.7 Å². The van der Waals surface area contributed by atoms with E-state index in [9.17, 15) is 0 Å². The maximum Gasteiger partial charge on any atom is 0.0490 e. The maximum absolute atomic E-state index is 8.92. The number of aliphatic hydroxyl groups excluding tert-OH is 1. The van der Waals surface area contributed by atoms with Gasteiger partial charge < -0.3 is 16.2 Å². The van der Waals surface area contributed by atoms with Crippen molar-refractivity contribution in [1.29, 1.82) is 0 Å². The molecule has 1 rings (SSSR count). The number of aliphatic hydroxyl groups is 1. The molecule has 0 aliphatic rings. The molecule has 0 aliphatic carbocycles. The van der Waals surface area contributed by atoms with Crippen molar-refractivity contribution < 1.29 is 5.11 Å². The Morgan fingerprint density at radius 1 is 1.47 bits per heavy atom. The smallest absolute Gasteiger partial charge is 0.0490 e. The number of halogens is 1. The molecule has 0 aromatic heterocycles. The fourth-order valence-corrected chi connectivity index (χ4v) is 1.83. The molecule has 84 valence electrons. The van der Waals surface area contributed by atoms with Gasteiger partial charge in [-0.25, -0.2) is 0 Å². The van der Waals surface area contributed by atoms with Crippen LogP contribution in [0.15, 0.2) is 22.7 Å². The number of benzene rings is 1. The Kier molecular flexibility index (Phi) is 3.99. The molecule has 0 heterocycles. The lowest BCUT2D eigenvalue weighted by atomic mass is 10.0. The van der Waals surface area contributed by atoms with Gasteiger partial charge in [0, 0.05) is 28.0 Å². The Morgan fingerprint density at radius 2 is 2.13 bits per heavy atom. The van der Waals surface area contributed by atoms with E-state index in [4.69, 9.17) is 10.8 Å². The monoisotopic (exact) mass is 272 g/mol. The van der Waals surface area contributed by atoms with Crippen molar-refractivity contribution in [3.63, 3.8) is 0 Å². The standard InChI is InChI=1S/C11H17BrN2O/c1-11(2,5-6-15)14-10-4-3-8(13)7-9(10)12/h3-4,7,14-15H,5-6,13H2,1-2H3. The van der Waals surface area contributed by atoms with E-state index in [1.54, 1.807) is 0 Å². The molecule has 15 heavy (non-hydrogen) atoms. The minimum absolute atomic E-state index is 0.132. The van der Waals surface area contributed by atoms with Gasteiger partial charge in [-0.15, -0.1) is 0 Å². The first-order valence-electron chi connectivity index (χ1n) is 4.89. The van der Waals surface area contributed by atoms with Crippen LogP contribution >= 0.6 is 15.9 Å². The van der Waals surface area contributed by atoms with E-state index in [0.717, 1.165) is 15.8 Å². The molecule has 1 aromatic carbocycles. The van der Waals surface area contributed by atoms with Gasteiger partial charge in [-0.2, -0.15) is 0 Å². The number of nitrogens with two attached hydrogens (primary N) is 1. The highest BCUT2D eigenvalue weighted by atomic mass is 79.9. The van der Waals surface area contributed by atoms with Gasteiger partial charge in [-0.05, 0) is 54.4 Å². The van der Waals surface area contributed by atoms with Gasteiger partial charge in [0.25, 0.3) is 0 Å². The molecular weight excluding hydrogens is 256 g/mol. The molecule has 0 unspecified atom stereocenters. The second-order valence-electron chi connectivity index (χ2n) is 4.22. The number of nitrogen functional groups attached to an aromatic ring is 1. The molecule has 0 fully saturated rings. The number of hydrogen-bond acceptors (Lipinski definition) is 3. The van der Waals surface area contributed by atoms with Crippen molar-refractivity contribution >= 4 is 27.3 Å². The van der Waals surface area contributed by atoms with Crippen molar-refractivity contribution in [2.45, 2.75) is 25.8 Å². The first kappa shape index (κ1) is 12.3. The van der Waals surface area contributed by atoms with Crippen LogP contribution in [0.4, 0.5) is 11.4 Å². The molecule has 0 bridgehead atoms. The minimum Gasteiger partial charge on any atom is -0.399 e. The Labute approximate surface area is 98.8 Å². The van der Waals surface area contributed by atoms with Gasteiger partial charge >= 0.3 is 0 Å². The van der Waals surface area contributed by atoms with E-state index in [0.29, 0.717) is 6.42 Å². The molecule has 0 atom stereocenters. The Bertz CT molecular complexity index is 339. The zero-order chi connectivity index (χ0) is 11.5. The highest BCUT2D eigenvalue weighted by Crippen LogP contribution is 2.28. The fourth-order valence-electron chi connectivity index (χ4n) is 1.34. The first-order valence-corrected chi connectivity index (χ1v) is 5.68. The van der Waals surface area contributed by atoms with Gasteiger partial charge in [-0.3, -0.25) is 0 Å². The molecule has 0 radical (unpaired) electrons. The van der Waals surface area contributed by atoms with Crippen molar-refractivity contribution in [2.24, 2.45) is 0 Å². The SMILES string of the molecule is CC(C)(CCO)Nc1ccc(N)cc1Br. The maximum atomic E-state index is 8.92. The number of nitrogens with one attached hydrogen (secondary N) is 1. The van der Waals surface area contributed by atoms with Crippen LogP contribution in [-0.2, 0) is 0 Å². The molecule has 1 aromatic rings. The summed E-state index contributed by atoms with van der Waals surface area (Å²) in [5.74, 6) is 0. The topological polar surface area (TPSA) is 58.3 Å². The highest BCUT2D eigenvalue weighted by Gasteiger charge is 2.17. The Balaban J connectivity index is 2.80. The molecule has 0 amide bonds. The predicted molar refractivity (Wildman–Crippen MR) is 68.0 cm³/mol. The van der Waals surface area contributed by atoms with Crippen molar-refractivity contribution in [1.82, 2.24) is 0 Å². The predicted octanol–water partition coefficient (Wildman–Crippen LogP) is 2.60. The van der Waals surface area contributed by atoms with Gasteiger partial charge in [-0.1, -0.05) is 0 Å². The summed E-state index contributed by atoms with van der Waals surface area (Å²) in [7, 11) is 0. The largest absolute Gasteiger partial charge is 0.399 e. The Hall–Kier alpha value is -0.740. The van der Waals surface area contributed by atoms with Crippen LogP contribution < -0.4 is 11.1 Å². The van der Waals surface area contributed by atoms with Crippen LogP contribution in [0.2, 0.25) is 0 Å². The third kappa shape index (κ3) is 3.72. The van der Waals surface area contributed by atoms with Crippen LogP contribution in [0.1, 0.15) is 20.3 Å². The summed E-state index contributed by atoms with van der Waals surface area (Å²) in [6.07, 6.45) is 0.698. The molecule has 0 aliphatic heterocycles. The van der Waals surface area contributed by atoms with Crippen LogP contribution in [-0.4, -0.2) is 17.3 Å². The second-order valence-corrected chi connectivity index (χ2v) is 5.08. The van der Waals surface area contributed by atoms with Gasteiger partial charge in [0.05, 0.1) is 0 Å². The fraction of sp³-hybridized carbons (Fsp3) is 0.455. The summed E-state index contributed by atoms with van der Waals surface area (Å²) >= 11 is 3.45. The lowest BCUT2D eigenvalue weighted by Crippen LogP contribution is -2.32. The second kappa shape index (κ2) is 4.86. The molecule has 0 saturated heterocycles. The number of hydrogen-bond donors (Lipinski definition) is 3. The van der Waals surface area contributed by atoms with E-state index in [-0.39, 0.29) is 12.1 Å². The van der Waals surface area contributed by atoms with E-state index in [2.05, 4.69) is 21.2 Å². The summed E-state index contributed by atoms with van der Waals surface area (Å²) in [5, 5.41) is 12.3. The summed E-state index contributed by atoms with van der Waals surface area (Å²) in [6, 6.07) is 5.64. The number of anilines is 2. The molecule has 0 spiro atoms. The normalized spacial score (nSPS) is 11.5. The minimum atomic E-state index is -0.132. The lowest BCUT2D eigenvalue weighted by molar-refractivity contribution is 0.261. The summed E-state index contributed by atoms with van der Waals surface area (Å²) in [6.45, 7) is 4.27. The van der Waals surface area contributed by atoms with Crippen LogP contribution in [0.25, 0.3) is 0 Å². The van der Waals surface area contributed by atoms with Gasteiger partial charge in [0.15, 0.2) is 0 Å². The van der Waals surface area contributed by atoms with E-state index < -0.39 is 0 Å². The quantitative estimate of drug-likeness (QED) is 0.739. The van der Waals surface area contributed by atoms with Gasteiger partial charge in [0.2, 0.25) is 0 Å². The molecule has 4 N–H and O–H groups in total. The third-order valence-corrected chi connectivity index (χ3v) is 2.86. The third-order valence-electron chi connectivity index (χ3n) is 2.20. The molecular formula is C11H17BrN2O. The highest BCUT2D eigenvalue weighted by molar-refractivity contribution is 9.10. The molecule has 3 nitrogen and oxygen atoms in total. The summed E-state index contributed by atoms with van der Waals surface area (Å²) in [4.78, 5) is 0. The van der Waals surface area contributed by atoms with Crippen LogP contribution in [0.3, 0.4) is 0 Å². The van der Waals surface area contributed by atoms with Crippen molar-refractivity contribution in [3.05, 3.63) is 22.7 Å². The van der Waals surface area contributed by atoms with Gasteiger partial charge in [0.1, 0.15) is 0 Å². The zero-order valence-electron chi connectivity index (χ0n) is 9.05. The lowest BCUT2D eigenvalue weighted by Gasteiger charge is -2.27. The zero-order valence-corrected chi connectivity index (χ0v) is 10.6. The summed E-state index contributed by atoms with van der Waals surface area (Å²) in [5.41, 5.74) is 7.24. The molecule has 4 heteroatoms. The number of rotatable bonds is 4.